The molecule has 0 spiro atoms. The molecular weight excluding hydrogens is 246 g/mol. The fourth-order valence-electron chi connectivity index (χ4n) is 2.11. The molecule has 0 radical (unpaired) electrons. The third-order valence-electron chi connectivity index (χ3n) is 2.89. The van der Waals surface area contributed by atoms with Crippen molar-refractivity contribution in [3.05, 3.63) is 34.6 Å². The SMILES string of the molecule is CNC(CCC(F)(F)F)c1c(C)cc(C)cc1F. The fraction of sp³-hybridized carbons (Fsp3) is 0.538. The van der Waals surface area contributed by atoms with Gasteiger partial charge in [0.1, 0.15) is 5.82 Å². The molecule has 0 aromatic heterocycles. The minimum atomic E-state index is -4.22. The van der Waals surface area contributed by atoms with Crippen LogP contribution in [0.25, 0.3) is 0 Å². The predicted molar refractivity (Wildman–Crippen MR) is 63.0 cm³/mol. The standard InChI is InChI=1S/C13H17F4N/c1-8-6-9(2)12(10(14)7-8)11(18-3)4-5-13(15,16)17/h6-7,11,18H,4-5H2,1-3H3. The molecule has 0 amide bonds. The van der Waals surface area contributed by atoms with Gasteiger partial charge in [0.25, 0.3) is 0 Å². The van der Waals surface area contributed by atoms with Gasteiger partial charge in [0, 0.05) is 18.0 Å². The van der Waals surface area contributed by atoms with E-state index in [1.807, 2.05) is 0 Å². The molecule has 1 atom stereocenters. The molecule has 1 unspecified atom stereocenters. The highest BCUT2D eigenvalue weighted by Crippen LogP contribution is 2.30. The topological polar surface area (TPSA) is 12.0 Å². The first kappa shape index (κ1) is 15.0. The molecule has 0 fully saturated rings. The van der Waals surface area contributed by atoms with Gasteiger partial charge < -0.3 is 5.32 Å². The summed E-state index contributed by atoms with van der Waals surface area (Å²) in [4.78, 5) is 0. The van der Waals surface area contributed by atoms with Crippen molar-refractivity contribution in [3.8, 4) is 0 Å². The predicted octanol–water partition coefficient (Wildman–Crippen LogP) is 4.05. The molecule has 1 aromatic carbocycles. The molecule has 0 saturated carbocycles. The largest absolute Gasteiger partial charge is 0.389 e. The first-order valence-electron chi connectivity index (χ1n) is 5.75. The number of aryl methyl sites for hydroxylation is 2. The number of alkyl halides is 3. The van der Waals surface area contributed by atoms with Crippen molar-refractivity contribution >= 4 is 0 Å². The average molecular weight is 263 g/mol. The van der Waals surface area contributed by atoms with E-state index < -0.39 is 24.5 Å². The number of hydrogen-bond donors (Lipinski definition) is 1. The summed E-state index contributed by atoms with van der Waals surface area (Å²) in [6.45, 7) is 3.47. The summed E-state index contributed by atoms with van der Waals surface area (Å²) in [5.41, 5.74) is 1.76. The lowest BCUT2D eigenvalue weighted by Gasteiger charge is -2.20. The van der Waals surface area contributed by atoms with Crippen molar-refractivity contribution in [2.24, 2.45) is 0 Å². The molecule has 0 aliphatic rings. The molecule has 0 bridgehead atoms. The van der Waals surface area contributed by atoms with Gasteiger partial charge in [-0.3, -0.25) is 0 Å². The van der Waals surface area contributed by atoms with Crippen LogP contribution in [-0.4, -0.2) is 13.2 Å². The highest BCUT2D eigenvalue weighted by molar-refractivity contribution is 5.34. The lowest BCUT2D eigenvalue weighted by Crippen LogP contribution is -2.21. The second kappa shape index (κ2) is 5.69. The van der Waals surface area contributed by atoms with Gasteiger partial charge in [-0.25, -0.2) is 4.39 Å². The number of rotatable bonds is 4. The molecule has 18 heavy (non-hydrogen) atoms. The van der Waals surface area contributed by atoms with Crippen molar-refractivity contribution in [2.75, 3.05) is 7.05 Å². The number of nitrogens with one attached hydrogen (secondary N) is 1. The molecule has 0 aliphatic heterocycles. The van der Waals surface area contributed by atoms with E-state index in [4.69, 9.17) is 0 Å². The normalized spacial score (nSPS) is 13.7. The lowest BCUT2D eigenvalue weighted by molar-refractivity contribution is -0.136. The molecule has 0 saturated heterocycles. The van der Waals surface area contributed by atoms with Crippen LogP contribution < -0.4 is 5.32 Å². The molecule has 1 nitrogen and oxygen atoms in total. The van der Waals surface area contributed by atoms with Crippen LogP contribution in [0, 0.1) is 19.7 Å². The van der Waals surface area contributed by atoms with Crippen LogP contribution in [0.1, 0.15) is 35.6 Å². The zero-order valence-electron chi connectivity index (χ0n) is 10.7. The van der Waals surface area contributed by atoms with E-state index >= 15 is 0 Å². The molecule has 1 aromatic rings. The highest BCUT2D eigenvalue weighted by atomic mass is 19.4. The Hall–Kier alpha value is -1.10. The Kier molecular flexibility index (Phi) is 4.73. The number of hydrogen-bond acceptors (Lipinski definition) is 1. The Labute approximate surface area is 104 Å². The van der Waals surface area contributed by atoms with Gasteiger partial charge >= 0.3 is 6.18 Å². The van der Waals surface area contributed by atoms with Crippen molar-refractivity contribution < 1.29 is 17.6 Å². The zero-order valence-corrected chi connectivity index (χ0v) is 10.7. The van der Waals surface area contributed by atoms with Crippen molar-refractivity contribution in [2.45, 2.75) is 38.9 Å². The quantitative estimate of drug-likeness (QED) is 0.808. The summed E-state index contributed by atoms with van der Waals surface area (Å²) < 4.78 is 50.5. The molecule has 0 heterocycles. The maximum absolute atomic E-state index is 13.8. The van der Waals surface area contributed by atoms with Gasteiger partial charge in [-0.05, 0) is 44.5 Å². The fourth-order valence-corrected chi connectivity index (χ4v) is 2.11. The molecule has 102 valence electrons. The van der Waals surface area contributed by atoms with Gasteiger partial charge in [0.05, 0.1) is 0 Å². The third kappa shape index (κ3) is 3.98. The van der Waals surface area contributed by atoms with E-state index in [1.54, 1.807) is 27.0 Å². The Bertz CT molecular complexity index is 389. The van der Waals surface area contributed by atoms with E-state index in [0.717, 1.165) is 5.56 Å². The van der Waals surface area contributed by atoms with Crippen LogP contribution >= 0.6 is 0 Å². The maximum atomic E-state index is 13.8. The van der Waals surface area contributed by atoms with Crippen molar-refractivity contribution in [3.63, 3.8) is 0 Å². The van der Waals surface area contributed by atoms with Crippen LogP contribution in [0.5, 0.6) is 0 Å². The van der Waals surface area contributed by atoms with Gasteiger partial charge in [0.2, 0.25) is 0 Å². The zero-order chi connectivity index (χ0) is 13.9. The Morgan fingerprint density at radius 1 is 1.22 bits per heavy atom. The van der Waals surface area contributed by atoms with Crippen LogP contribution in [-0.2, 0) is 0 Å². The van der Waals surface area contributed by atoms with E-state index in [0.29, 0.717) is 11.1 Å². The smallest absolute Gasteiger partial charge is 0.313 e. The molecule has 0 aliphatic carbocycles. The van der Waals surface area contributed by atoms with E-state index in [9.17, 15) is 17.6 Å². The minimum Gasteiger partial charge on any atom is -0.313 e. The van der Waals surface area contributed by atoms with Crippen LogP contribution in [0.3, 0.4) is 0 Å². The third-order valence-corrected chi connectivity index (χ3v) is 2.89. The van der Waals surface area contributed by atoms with E-state index in [2.05, 4.69) is 5.32 Å². The monoisotopic (exact) mass is 263 g/mol. The summed E-state index contributed by atoms with van der Waals surface area (Å²) in [5, 5.41) is 2.75. The van der Waals surface area contributed by atoms with Crippen LogP contribution in [0.2, 0.25) is 0 Å². The van der Waals surface area contributed by atoms with Crippen LogP contribution in [0.15, 0.2) is 12.1 Å². The number of benzene rings is 1. The second-order valence-corrected chi connectivity index (χ2v) is 4.47. The lowest BCUT2D eigenvalue weighted by atomic mass is 9.95. The van der Waals surface area contributed by atoms with Gasteiger partial charge in [-0.2, -0.15) is 13.2 Å². The highest BCUT2D eigenvalue weighted by Gasteiger charge is 2.29. The first-order valence-corrected chi connectivity index (χ1v) is 5.75. The Balaban J connectivity index is 2.95. The Morgan fingerprint density at radius 2 is 1.83 bits per heavy atom. The van der Waals surface area contributed by atoms with Gasteiger partial charge in [-0.1, -0.05) is 6.07 Å². The summed E-state index contributed by atoms with van der Waals surface area (Å²) >= 11 is 0. The van der Waals surface area contributed by atoms with Gasteiger partial charge in [-0.15, -0.1) is 0 Å². The summed E-state index contributed by atoms with van der Waals surface area (Å²) in [6.07, 6.45) is -5.31. The minimum absolute atomic E-state index is 0.166. The average Bonchev–Trinajstić information content (AvgIpc) is 2.20. The summed E-state index contributed by atoms with van der Waals surface area (Å²) in [5.74, 6) is -0.450. The van der Waals surface area contributed by atoms with Gasteiger partial charge in [0.15, 0.2) is 0 Å². The van der Waals surface area contributed by atoms with Crippen molar-refractivity contribution in [1.82, 2.24) is 5.32 Å². The maximum Gasteiger partial charge on any atom is 0.389 e. The first-order chi connectivity index (χ1) is 8.24. The van der Waals surface area contributed by atoms with Crippen molar-refractivity contribution in [1.29, 1.82) is 0 Å². The second-order valence-electron chi connectivity index (χ2n) is 4.47. The van der Waals surface area contributed by atoms with Crippen LogP contribution in [0.4, 0.5) is 17.6 Å². The molecule has 5 heteroatoms. The molecule has 1 rings (SSSR count). The van der Waals surface area contributed by atoms with E-state index in [1.165, 1.54) is 6.07 Å². The number of halogens is 4. The summed E-state index contributed by atoms with van der Waals surface area (Å²) in [7, 11) is 1.54. The Morgan fingerprint density at radius 3 is 2.28 bits per heavy atom. The summed E-state index contributed by atoms with van der Waals surface area (Å²) in [6, 6.07) is 2.50. The van der Waals surface area contributed by atoms with E-state index in [-0.39, 0.29) is 6.42 Å². The molecule has 1 N–H and O–H groups in total. The molecular formula is C13H17F4N.